The molecular weight excluding hydrogens is 332 g/mol. The summed E-state index contributed by atoms with van der Waals surface area (Å²) >= 11 is 0. The maximum absolute atomic E-state index is 12.0. The summed E-state index contributed by atoms with van der Waals surface area (Å²) in [4.78, 5) is 31.2. The maximum Gasteiger partial charge on any atom is 0.305 e. The van der Waals surface area contributed by atoms with Crippen molar-refractivity contribution in [3.05, 3.63) is 54.4 Å². The Balaban J connectivity index is 1.53. The van der Waals surface area contributed by atoms with Crippen molar-refractivity contribution in [1.29, 1.82) is 0 Å². The third-order valence-corrected chi connectivity index (χ3v) is 4.43. The Bertz CT molecular complexity index is 741. The molecule has 1 aromatic heterocycles. The number of aromatic nitrogens is 1. The predicted octanol–water partition coefficient (Wildman–Crippen LogP) is 1.61. The van der Waals surface area contributed by atoms with Gasteiger partial charge in [0.25, 0.3) is 5.91 Å². The van der Waals surface area contributed by atoms with Crippen LogP contribution in [-0.2, 0) is 4.79 Å². The van der Waals surface area contributed by atoms with Crippen LogP contribution in [0.4, 0.5) is 11.4 Å². The van der Waals surface area contributed by atoms with Gasteiger partial charge in [0.2, 0.25) is 0 Å². The minimum atomic E-state index is -0.924. The number of rotatable bonds is 6. The van der Waals surface area contributed by atoms with Crippen LogP contribution in [0.5, 0.6) is 0 Å². The van der Waals surface area contributed by atoms with Gasteiger partial charge in [-0.1, -0.05) is 0 Å². The topological polar surface area (TPSA) is 85.8 Å². The lowest BCUT2D eigenvalue weighted by atomic mass is 10.1. The van der Waals surface area contributed by atoms with Crippen LogP contribution in [0.15, 0.2) is 48.8 Å². The van der Waals surface area contributed by atoms with E-state index in [0.717, 1.165) is 31.9 Å². The van der Waals surface area contributed by atoms with E-state index in [2.05, 4.69) is 20.1 Å². The Morgan fingerprint density at radius 1 is 0.923 bits per heavy atom. The fourth-order valence-electron chi connectivity index (χ4n) is 2.99. The van der Waals surface area contributed by atoms with E-state index >= 15 is 0 Å². The number of pyridine rings is 1. The summed E-state index contributed by atoms with van der Waals surface area (Å²) in [6, 6.07) is 11.5. The number of carboxylic acids is 1. The summed E-state index contributed by atoms with van der Waals surface area (Å²) in [5.41, 5.74) is 2.81. The van der Waals surface area contributed by atoms with Gasteiger partial charge in [-0.2, -0.15) is 0 Å². The highest BCUT2D eigenvalue weighted by Gasteiger charge is 2.17. The van der Waals surface area contributed by atoms with Crippen LogP contribution >= 0.6 is 0 Å². The quantitative estimate of drug-likeness (QED) is 0.820. The molecule has 1 amide bonds. The number of nitrogens with zero attached hydrogens (tertiary/aromatic N) is 3. The molecule has 7 nitrogen and oxygen atoms in total. The molecule has 0 radical (unpaired) electrons. The van der Waals surface area contributed by atoms with Crippen molar-refractivity contribution in [2.75, 3.05) is 42.5 Å². The summed E-state index contributed by atoms with van der Waals surface area (Å²) in [5, 5.41) is 11.2. The van der Waals surface area contributed by atoms with Gasteiger partial charge in [0.1, 0.15) is 0 Å². The fourth-order valence-corrected chi connectivity index (χ4v) is 2.99. The first-order valence-corrected chi connectivity index (χ1v) is 8.63. The molecule has 1 aromatic carbocycles. The minimum Gasteiger partial charge on any atom is -0.481 e. The van der Waals surface area contributed by atoms with Gasteiger partial charge in [-0.25, -0.2) is 0 Å². The molecule has 2 heterocycles. The molecule has 1 aliphatic rings. The number of piperazine rings is 1. The maximum atomic E-state index is 12.0. The van der Waals surface area contributed by atoms with Gasteiger partial charge in [0, 0.05) is 62.1 Å². The van der Waals surface area contributed by atoms with E-state index in [1.165, 1.54) is 5.69 Å². The first-order chi connectivity index (χ1) is 12.6. The van der Waals surface area contributed by atoms with Gasteiger partial charge >= 0.3 is 5.97 Å². The molecule has 0 unspecified atom stereocenters. The summed E-state index contributed by atoms with van der Waals surface area (Å²) in [5.74, 6) is -1.17. The molecule has 1 fully saturated rings. The number of carbonyl (C=O) groups excluding carboxylic acids is 1. The molecule has 1 saturated heterocycles. The SMILES string of the molecule is O=C(O)CCNC(=O)c1ccc(N2CCN(c3ccncc3)CC2)cc1. The second-order valence-corrected chi connectivity index (χ2v) is 6.13. The van der Waals surface area contributed by atoms with Crippen LogP contribution in [0.1, 0.15) is 16.8 Å². The Labute approximate surface area is 152 Å². The molecule has 136 valence electrons. The van der Waals surface area contributed by atoms with Crippen LogP contribution in [0.2, 0.25) is 0 Å². The highest BCUT2D eigenvalue weighted by atomic mass is 16.4. The second-order valence-electron chi connectivity index (χ2n) is 6.13. The number of carboxylic acid groups (broad SMARTS) is 1. The molecule has 7 heteroatoms. The average molecular weight is 354 g/mol. The molecule has 26 heavy (non-hydrogen) atoms. The number of hydrogen-bond acceptors (Lipinski definition) is 5. The van der Waals surface area contributed by atoms with Gasteiger partial charge in [-0.3, -0.25) is 14.6 Å². The van der Waals surface area contributed by atoms with Gasteiger partial charge < -0.3 is 20.2 Å². The van der Waals surface area contributed by atoms with Gasteiger partial charge in [0.15, 0.2) is 0 Å². The Hall–Kier alpha value is -3.09. The molecule has 1 aliphatic heterocycles. The van der Waals surface area contributed by atoms with E-state index < -0.39 is 5.97 Å². The Kier molecular flexibility index (Phi) is 5.68. The largest absolute Gasteiger partial charge is 0.481 e. The van der Waals surface area contributed by atoms with Crippen LogP contribution < -0.4 is 15.1 Å². The first kappa shape index (κ1) is 17.7. The third kappa shape index (κ3) is 4.50. The molecule has 0 spiro atoms. The molecule has 2 aromatic rings. The standard InChI is InChI=1S/C19H22N4O3/c24-18(25)7-10-21-19(26)15-1-3-16(4-2-15)22-11-13-23(14-12-22)17-5-8-20-9-6-17/h1-6,8-9H,7,10-14H2,(H,21,26)(H,24,25). The number of aliphatic carboxylic acids is 1. The molecule has 2 N–H and O–H groups in total. The minimum absolute atomic E-state index is 0.0778. The zero-order chi connectivity index (χ0) is 18.4. The van der Waals surface area contributed by atoms with Crippen molar-refractivity contribution in [3.8, 4) is 0 Å². The third-order valence-electron chi connectivity index (χ3n) is 4.43. The Morgan fingerprint density at radius 3 is 2.00 bits per heavy atom. The van der Waals surface area contributed by atoms with E-state index in [1.54, 1.807) is 12.1 Å². The van der Waals surface area contributed by atoms with Gasteiger partial charge in [-0.15, -0.1) is 0 Å². The van der Waals surface area contributed by atoms with Gasteiger partial charge in [-0.05, 0) is 36.4 Å². The number of hydrogen-bond donors (Lipinski definition) is 2. The molecule has 0 saturated carbocycles. The summed E-state index contributed by atoms with van der Waals surface area (Å²) in [7, 11) is 0. The molecular formula is C19H22N4O3. The van der Waals surface area contributed by atoms with Crippen LogP contribution in [-0.4, -0.2) is 54.7 Å². The summed E-state index contributed by atoms with van der Waals surface area (Å²) in [6.45, 7) is 3.81. The van der Waals surface area contributed by atoms with E-state index in [-0.39, 0.29) is 18.9 Å². The lowest BCUT2D eigenvalue weighted by Gasteiger charge is -2.37. The lowest BCUT2D eigenvalue weighted by Crippen LogP contribution is -2.46. The zero-order valence-corrected chi connectivity index (χ0v) is 14.5. The highest BCUT2D eigenvalue weighted by molar-refractivity contribution is 5.94. The number of amides is 1. The Morgan fingerprint density at radius 2 is 1.46 bits per heavy atom. The normalized spacial score (nSPS) is 14.2. The van der Waals surface area contributed by atoms with E-state index in [1.807, 2.05) is 36.7 Å². The van der Waals surface area contributed by atoms with Crippen molar-refractivity contribution in [1.82, 2.24) is 10.3 Å². The molecule has 3 rings (SSSR count). The summed E-state index contributed by atoms with van der Waals surface area (Å²) in [6.07, 6.45) is 3.54. The van der Waals surface area contributed by atoms with Crippen LogP contribution in [0, 0.1) is 0 Å². The zero-order valence-electron chi connectivity index (χ0n) is 14.5. The lowest BCUT2D eigenvalue weighted by molar-refractivity contribution is -0.136. The second kappa shape index (κ2) is 8.33. The highest BCUT2D eigenvalue weighted by Crippen LogP contribution is 2.20. The van der Waals surface area contributed by atoms with E-state index in [0.29, 0.717) is 5.56 Å². The van der Waals surface area contributed by atoms with E-state index in [4.69, 9.17) is 5.11 Å². The molecule has 0 aliphatic carbocycles. The average Bonchev–Trinajstić information content (AvgIpc) is 2.68. The number of nitrogens with one attached hydrogen (secondary N) is 1. The first-order valence-electron chi connectivity index (χ1n) is 8.63. The smallest absolute Gasteiger partial charge is 0.305 e. The van der Waals surface area contributed by atoms with Crippen molar-refractivity contribution in [2.45, 2.75) is 6.42 Å². The number of anilines is 2. The van der Waals surface area contributed by atoms with Crippen molar-refractivity contribution >= 4 is 23.3 Å². The molecule has 0 bridgehead atoms. The number of carbonyl (C=O) groups is 2. The van der Waals surface area contributed by atoms with Crippen LogP contribution in [0.25, 0.3) is 0 Å². The van der Waals surface area contributed by atoms with Crippen molar-refractivity contribution < 1.29 is 14.7 Å². The predicted molar refractivity (Wildman–Crippen MR) is 99.7 cm³/mol. The molecule has 0 atom stereocenters. The monoisotopic (exact) mass is 354 g/mol. The number of benzene rings is 1. The van der Waals surface area contributed by atoms with Crippen molar-refractivity contribution in [3.63, 3.8) is 0 Å². The van der Waals surface area contributed by atoms with Crippen LogP contribution in [0.3, 0.4) is 0 Å². The van der Waals surface area contributed by atoms with E-state index in [9.17, 15) is 9.59 Å². The van der Waals surface area contributed by atoms with Crippen molar-refractivity contribution in [2.24, 2.45) is 0 Å². The van der Waals surface area contributed by atoms with Gasteiger partial charge in [0.05, 0.1) is 6.42 Å². The fraction of sp³-hybridized carbons (Fsp3) is 0.316. The summed E-state index contributed by atoms with van der Waals surface area (Å²) < 4.78 is 0.